The standard InChI is InChI=1S/C11H16N4OS/c1-16-3-2-12-4-10-6-15(8-14-10)7-11-5-13-9-17-11/h5-6,8-9,12H,2-4,7H2,1H3. The molecule has 2 aromatic rings. The zero-order valence-corrected chi connectivity index (χ0v) is 10.6. The maximum Gasteiger partial charge on any atom is 0.0953 e. The fraction of sp³-hybridized carbons (Fsp3) is 0.455. The lowest BCUT2D eigenvalue weighted by molar-refractivity contribution is 0.199. The van der Waals surface area contributed by atoms with E-state index in [1.54, 1.807) is 18.4 Å². The predicted octanol–water partition coefficient (Wildman–Crippen LogP) is 1.12. The Kier molecular flexibility index (Phi) is 4.66. The Balaban J connectivity index is 1.79. The van der Waals surface area contributed by atoms with E-state index in [1.807, 2.05) is 18.0 Å². The van der Waals surface area contributed by atoms with Crippen molar-refractivity contribution in [3.63, 3.8) is 0 Å². The van der Waals surface area contributed by atoms with Crippen LogP contribution in [0.1, 0.15) is 10.6 Å². The molecule has 0 fully saturated rings. The molecule has 0 aliphatic heterocycles. The van der Waals surface area contributed by atoms with Crippen LogP contribution in [0.3, 0.4) is 0 Å². The second-order valence-corrected chi connectivity index (χ2v) is 4.65. The van der Waals surface area contributed by atoms with E-state index in [0.29, 0.717) is 0 Å². The van der Waals surface area contributed by atoms with Crippen molar-refractivity contribution in [2.75, 3.05) is 20.3 Å². The van der Waals surface area contributed by atoms with Crippen molar-refractivity contribution in [1.82, 2.24) is 19.9 Å². The Morgan fingerprint density at radius 3 is 3.24 bits per heavy atom. The normalized spacial score (nSPS) is 10.9. The van der Waals surface area contributed by atoms with Crippen molar-refractivity contribution in [2.45, 2.75) is 13.1 Å². The maximum atomic E-state index is 4.96. The fourth-order valence-electron chi connectivity index (χ4n) is 1.47. The van der Waals surface area contributed by atoms with Crippen molar-refractivity contribution in [3.05, 3.63) is 34.8 Å². The Hall–Kier alpha value is -1.24. The van der Waals surface area contributed by atoms with Gasteiger partial charge < -0.3 is 14.6 Å². The average molecular weight is 252 g/mol. The SMILES string of the molecule is COCCNCc1cn(Cc2cncs2)cn1. The van der Waals surface area contributed by atoms with E-state index in [0.717, 1.165) is 31.9 Å². The Bertz CT molecular complexity index is 426. The van der Waals surface area contributed by atoms with Crippen LogP contribution in [-0.4, -0.2) is 34.8 Å². The lowest BCUT2D eigenvalue weighted by atomic mass is 10.4. The van der Waals surface area contributed by atoms with Crippen molar-refractivity contribution >= 4 is 11.3 Å². The third-order valence-corrected chi connectivity index (χ3v) is 3.06. The zero-order valence-electron chi connectivity index (χ0n) is 9.80. The van der Waals surface area contributed by atoms with E-state index in [9.17, 15) is 0 Å². The summed E-state index contributed by atoms with van der Waals surface area (Å²) < 4.78 is 7.03. The van der Waals surface area contributed by atoms with E-state index in [-0.39, 0.29) is 0 Å². The van der Waals surface area contributed by atoms with E-state index < -0.39 is 0 Å². The van der Waals surface area contributed by atoms with Crippen LogP contribution in [0.2, 0.25) is 0 Å². The summed E-state index contributed by atoms with van der Waals surface area (Å²) in [4.78, 5) is 9.63. The highest BCUT2D eigenvalue weighted by atomic mass is 32.1. The van der Waals surface area contributed by atoms with Crippen molar-refractivity contribution in [3.8, 4) is 0 Å². The molecule has 0 saturated carbocycles. The third kappa shape index (κ3) is 3.92. The number of nitrogens with zero attached hydrogens (tertiary/aromatic N) is 3. The number of ether oxygens (including phenoxy) is 1. The van der Waals surface area contributed by atoms with Crippen LogP contribution >= 0.6 is 11.3 Å². The highest BCUT2D eigenvalue weighted by molar-refractivity contribution is 7.09. The Labute approximate surface area is 104 Å². The van der Waals surface area contributed by atoms with Crippen LogP contribution in [0.5, 0.6) is 0 Å². The number of nitrogens with one attached hydrogen (secondary N) is 1. The molecule has 0 aliphatic rings. The van der Waals surface area contributed by atoms with Gasteiger partial charge >= 0.3 is 0 Å². The number of hydrogen-bond donors (Lipinski definition) is 1. The second-order valence-electron chi connectivity index (χ2n) is 3.67. The van der Waals surface area contributed by atoms with Crippen LogP contribution in [-0.2, 0) is 17.8 Å². The Morgan fingerprint density at radius 2 is 2.47 bits per heavy atom. The van der Waals surface area contributed by atoms with Crippen LogP contribution in [0.4, 0.5) is 0 Å². The first-order chi connectivity index (χ1) is 8.38. The first-order valence-electron chi connectivity index (χ1n) is 5.46. The predicted molar refractivity (Wildman–Crippen MR) is 67.0 cm³/mol. The van der Waals surface area contributed by atoms with E-state index >= 15 is 0 Å². The van der Waals surface area contributed by atoms with Gasteiger partial charge in [0.15, 0.2) is 0 Å². The fourth-order valence-corrected chi connectivity index (χ4v) is 2.08. The molecule has 0 spiro atoms. The average Bonchev–Trinajstić information content (AvgIpc) is 2.97. The molecule has 5 nitrogen and oxygen atoms in total. The summed E-state index contributed by atoms with van der Waals surface area (Å²) in [5.41, 5.74) is 2.89. The molecule has 0 aliphatic carbocycles. The van der Waals surface area contributed by atoms with Crippen molar-refractivity contribution < 1.29 is 4.74 Å². The van der Waals surface area contributed by atoms with Gasteiger partial charge in [0, 0.05) is 37.5 Å². The molecule has 0 atom stereocenters. The summed E-state index contributed by atoms with van der Waals surface area (Å²) >= 11 is 1.66. The summed E-state index contributed by atoms with van der Waals surface area (Å²) in [5, 5.41) is 3.26. The molecule has 0 saturated heterocycles. The molecule has 17 heavy (non-hydrogen) atoms. The van der Waals surface area contributed by atoms with Crippen LogP contribution in [0, 0.1) is 0 Å². The van der Waals surface area contributed by atoms with Gasteiger partial charge in [0.25, 0.3) is 0 Å². The first kappa shape index (κ1) is 12.2. The smallest absolute Gasteiger partial charge is 0.0953 e. The van der Waals surface area contributed by atoms with E-state index in [4.69, 9.17) is 4.74 Å². The number of methoxy groups -OCH3 is 1. The molecule has 2 heterocycles. The topological polar surface area (TPSA) is 52.0 Å². The molecule has 0 radical (unpaired) electrons. The number of aromatic nitrogens is 3. The molecule has 0 amide bonds. The number of imidazole rings is 1. The summed E-state index contributed by atoms with van der Waals surface area (Å²) in [6.45, 7) is 3.19. The summed E-state index contributed by atoms with van der Waals surface area (Å²) in [5.74, 6) is 0. The third-order valence-electron chi connectivity index (χ3n) is 2.30. The summed E-state index contributed by atoms with van der Waals surface area (Å²) in [7, 11) is 1.70. The highest BCUT2D eigenvalue weighted by Crippen LogP contribution is 2.08. The van der Waals surface area contributed by atoms with Gasteiger partial charge in [-0.25, -0.2) is 4.98 Å². The minimum atomic E-state index is 0.724. The summed E-state index contributed by atoms with van der Waals surface area (Å²) in [6, 6.07) is 0. The van der Waals surface area contributed by atoms with Crippen molar-refractivity contribution in [1.29, 1.82) is 0 Å². The molecule has 0 unspecified atom stereocenters. The van der Waals surface area contributed by atoms with Gasteiger partial charge in [-0.2, -0.15) is 0 Å². The lowest BCUT2D eigenvalue weighted by Gasteiger charge is -2.00. The molecule has 2 rings (SSSR count). The van der Waals surface area contributed by atoms with E-state index in [1.165, 1.54) is 4.88 Å². The largest absolute Gasteiger partial charge is 0.383 e. The van der Waals surface area contributed by atoms with Gasteiger partial charge in [-0.05, 0) is 0 Å². The first-order valence-corrected chi connectivity index (χ1v) is 6.34. The molecule has 92 valence electrons. The molecule has 0 aromatic carbocycles. The number of hydrogen-bond acceptors (Lipinski definition) is 5. The van der Waals surface area contributed by atoms with Gasteiger partial charge in [0.2, 0.25) is 0 Å². The highest BCUT2D eigenvalue weighted by Gasteiger charge is 2.00. The lowest BCUT2D eigenvalue weighted by Crippen LogP contribution is -2.18. The van der Waals surface area contributed by atoms with Crippen LogP contribution in [0.15, 0.2) is 24.2 Å². The van der Waals surface area contributed by atoms with Crippen LogP contribution < -0.4 is 5.32 Å². The van der Waals surface area contributed by atoms with Gasteiger partial charge in [-0.3, -0.25) is 4.98 Å². The molecule has 0 bridgehead atoms. The molecular weight excluding hydrogens is 236 g/mol. The molecular formula is C11H16N4OS. The minimum absolute atomic E-state index is 0.724. The molecule has 6 heteroatoms. The van der Waals surface area contributed by atoms with Gasteiger partial charge in [-0.1, -0.05) is 0 Å². The number of rotatable bonds is 7. The maximum absolute atomic E-state index is 4.96. The van der Waals surface area contributed by atoms with Gasteiger partial charge in [0.1, 0.15) is 0 Å². The zero-order chi connectivity index (χ0) is 11.9. The van der Waals surface area contributed by atoms with E-state index in [2.05, 4.69) is 26.0 Å². The molecule has 2 aromatic heterocycles. The second kappa shape index (κ2) is 6.48. The minimum Gasteiger partial charge on any atom is -0.383 e. The van der Waals surface area contributed by atoms with Crippen LogP contribution in [0.25, 0.3) is 0 Å². The van der Waals surface area contributed by atoms with Crippen molar-refractivity contribution in [2.24, 2.45) is 0 Å². The van der Waals surface area contributed by atoms with Gasteiger partial charge in [0.05, 0.1) is 30.7 Å². The van der Waals surface area contributed by atoms with Gasteiger partial charge in [-0.15, -0.1) is 11.3 Å². The number of thiazole rings is 1. The summed E-state index contributed by atoms with van der Waals surface area (Å²) in [6.07, 6.45) is 5.80. The quantitative estimate of drug-likeness (QED) is 0.750. The Morgan fingerprint density at radius 1 is 1.53 bits per heavy atom. The molecule has 1 N–H and O–H groups in total. The monoisotopic (exact) mass is 252 g/mol.